The molecule has 0 amide bonds. The first kappa shape index (κ1) is 53.0. The van der Waals surface area contributed by atoms with E-state index in [4.69, 9.17) is 4.74 Å². The molecule has 22 atom stereocenters. The van der Waals surface area contributed by atoms with Crippen LogP contribution in [0.2, 0.25) is 0 Å². The zero-order valence-electron chi connectivity index (χ0n) is 43.5. The summed E-state index contributed by atoms with van der Waals surface area (Å²) in [5, 5.41) is 33.0. The van der Waals surface area contributed by atoms with Gasteiger partial charge in [0.1, 0.15) is 0 Å². The van der Waals surface area contributed by atoms with Gasteiger partial charge in [0.15, 0.2) is 0 Å². The van der Waals surface area contributed by atoms with E-state index in [2.05, 4.69) is 69.2 Å². The van der Waals surface area contributed by atoms with Crippen molar-refractivity contribution in [3.05, 3.63) is 0 Å². The molecule has 351 valence electrons. The monoisotopic (exact) mass is 856 g/mol. The molecule has 3 N–H and O–H groups in total. The largest absolute Gasteiger partial charge is 1.00 e. The van der Waals surface area contributed by atoms with Gasteiger partial charge in [-0.05, 0) is 213 Å². The van der Waals surface area contributed by atoms with Gasteiger partial charge in [-0.1, -0.05) is 94.9 Å². The molecule has 8 aliphatic rings. The number of esters is 1. The van der Waals surface area contributed by atoms with Crippen molar-refractivity contribution in [3.63, 3.8) is 0 Å². The van der Waals surface area contributed by atoms with Gasteiger partial charge in [-0.3, -0.25) is 4.79 Å². The number of carbonyl (C=O) groups excluding carboxylic acids is 1. The summed E-state index contributed by atoms with van der Waals surface area (Å²) in [4.78, 5) is 11.7. The number of hydrogen-bond donors (Lipinski definition) is 3. The summed E-state index contributed by atoms with van der Waals surface area (Å²) in [5.74, 6) is 10.5. The average Bonchev–Trinajstić information content (AvgIpc) is 3.77. The van der Waals surface area contributed by atoms with Gasteiger partial charge in [-0.15, -0.1) is 0 Å². The standard InChI is InChI=1S/C28H48O3.C27H48O2.B.Li.H/c1-7-19-23-16-17(2)12-14-28(23,5)22-13-15-27(4)20(18(3)8-11-24(29)31-6)9-10-21(27)25(22)26(19)30;1-6-19-23-16-17(2)11-13-27(23,5)22-12-14-26(4)20(18(3)8-7-15-28)9-10-21(26)24(22)25(19)29;;;/h17-23,25-26,30H,7-16H2,1-6H3;17-25,28-29H,6-16H2,1-5H3;;;/q;;;+1;-1/t17-,18-,19-,20-,21+,22+,23+,25+,26-,27-,28-;17-,18-,19-,20-,21+,22+,23+,24+,25-,26-,27-;;;/m11.../s1. The molecular weight excluding hydrogens is 758 g/mol. The minimum Gasteiger partial charge on any atom is -1.00 e. The zero-order valence-corrected chi connectivity index (χ0v) is 42.5. The minimum absolute atomic E-state index is 0. The van der Waals surface area contributed by atoms with Crippen LogP contribution in [0, 0.1) is 116 Å². The fraction of sp³-hybridized carbons (Fsp3) is 0.982. The first-order valence-corrected chi connectivity index (χ1v) is 26.5. The maximum absolute atomic E-state index is 11.8. The molecule has 0 aromatic heterocycles. The van der Waals surface area contributed by atoms with Crippen LogP contribution < -0.4 is 18.9 Å². The van der Waals surface area contributed by atoms with Crippen LogP contribution in [0.25, 0.3) is 0 Å². The Morgan fingerprint density at radius 2 is 1.02 bits per heavy atom. The van der Waals surface area contributed by atoms with Crippen molar-refractivity contribution in [1.82, 2.24) is 0 Å². The van der Waals surface area contributed by atoms with Crippen molar-refractivity contribution in [2.24, 2.45) is 116 Å². The van der Waals surface area contributed by atoms with Crippen molar-refractivity contribution in [2.75, 3.05) is 13.7 Å². The van der Waals surface area contributed by atoms with Crippen LogP contribution in [0.5, 0.6) is 0 Å². The molecule has 0 unspecified atom stereocenters. The molecule has 7 heteroatoms. The van der Waals surface area contributed by atoms with E-state index in [-0.39, 0.29) is 46.9 Å². The number of hydrogen-bond acceptors (Lipinski definition) is 5. The summed E-state index contributed by atoms with van der Waals surface area (Å²) in [7, 11) is 1.50. The van der Waals surface area contributed by atoms with Crippen molar-refractivity contribution >= 4 is 14.4 Å². The minimum atomic E-state index is -0.118. The van der Waals surface area contributed by atoms with Crippen molar-refractivity contribution in [3.8, 4) is 0 Å². The molecule has 62 heavy (non-hydrogen) atoms. The smallest absolute Gasteiger partial charge is 1.00 e. The Bertz CT molecular complexity index is 1470. The van der Waals surface area contributed by atoms with E-state index in [9.17, 15) is 20.1 Å². The predicted octanol–water partition coefficient (Wildman–Crippen LogP) is 9.51. The maximum Gasteiger partial charge on any atom is 1.00 e. The van der Waals surface area contributed by atoms with E-state index in [0.717, 1.165) is 61.7 Å². The Balaban J connectivity index is 0.000000264. The van der Waals surface area contributed by atoms with Crippen LogP contribution in [0.3, 0.4) is 0 Å². The van der Waals surface area contributed by atoms with Gasteiger partial charge in [0.2, 0.25) is 0 Å². The molecule has 3 radical (unpaired) electrons. The summed E-state index contributed by atoms with van der Waals surface area (Å²) < 4.78 is 4.90. The van der Waals surface area contributed by atoms with Crippen molar-refractivity contribution in [2.45, 2.75) is 210 Å². The fourth-order valence-electron chi connectivity index (χ4n) is 19.6. The number of aliphatic hydroxyl groups excluding tert-OH is 3. The number of ether oxygens (including phenoxy) is 1. The molecule has 0 heterocycles. The number of carbonyl (C=O) groups is 1. The van der Waals surface area contributed by atoms with Crippen LogP contribution in [0.15, 0.2) is 0 Å². The van der Waals surface area contributed by atoms with Gasteiger partial charge in [-0.2, -0.15) is 0 Å². The van der Waals surface area contributed by atoms with Gasteiger partial charge in [-0.25, -0.2) is 0 Å². The van der Waals surface area contributed by atoms with Crippen LogP contribution in [-0.2, 0) is 9.53 Å². The first-order valence-electron chi connectivity index (χ1n) is 26.5. The summed E-state index contributed by atoms with van der Waals surface area (Å²) in [5.41, 5.74) is 1.60. The van der Waals surface area contributed by atoms with Crippen LogP contribution in [-0.4, -0.2) is 55.6 Å². The Kier molecular flexibility index (Phi) is 17.7. The molecule has 8 rings (SSSR count). The molecule has 8 aliphatic carbocycles. The summed E-state index contributed by atoms with van der Waals surface area (Å²) >= 11 is 0. The molecule has 8 saturated carbocycles. The van der Waals surface area contributed by atoms with Crippen molar-refractivity contribution in [1.29, 1.82) is 0 Å². The molecule has 0 aromatic carbocycles. The van der Waals surface area contributed by atoms with Gasteiger partial charge < -0.3 is 21.5 Å². The van der Waals surface area contributed by atoms with Crippen molar-refractivity contribution < 1.29 is 45.1 Å². The molecule has 0 aromatic rings. The molecule has 8 fully saturated rings. The Morgan fingerprint density at radius 3 is 1.40 bits per heavy atom. The average molecular weight is 856 g/mol. The van der Waals surface area contributed by atoms with Gasteiger partial charge in [0.05, 0.1) is 19.3 Å². The molecule has 0 bridgehead atoms. The number of fused-ring (bicyclic) bond motifs is 10. The topological polar surface area (TPSA) is 87.0 Å². The number of rotatable bonds is 10. The molecule has 0 saturated heterocycles. The second kappa shape index (κ2) is 20.7. The predicted molar refractivity (Wildman–Crippen MR) is 253 cm³/mol. The first-order chi connectivity index (χ1) is 28.4. The van der Waals surface area contributed by atoms with E-state index in [1.165, 1.54) is 97.0 Å². The zero-order chi connectivity index (χ0) is 43.5. The van der Waals surface area contributed by atoms with E-state index >= 15 is 0 Å². The number of methoxy groups -OCH3 is 1. The fourth-order valence-corrected chi connectivity index (χ4v) is 19.6. The van der Waals surface area contributed by atoms with Gasteiger partial charge in [0, 0.05) is 21.4 Å². The maximum atomic E-state index is 11.8. The molecule has 5 nitrogen and oxygen atoms in total. The third-order valence-corrected chi connectivity index (χ3v) is 22.7. The Labute approximate surface area is 397 Å². The van der Waals surface area contributed by atoms with Gasteiger partial charge in [0.25, 0.3) is 0 Å². The normalized spacial score (nSPS) is 49.9. The van der Waals surface area contributed by atoms with Gasteiger partial charge >= 0.3 is 24.8 Å². The Morgan fingerprint density at radius 1 is 0.629 bits per heavy atom. The molecular formula is C55H97BLiO5. The van der Waals surface area contributed by atoms with Crippen LogP contribution in [0.1, 0.15) is 199 Å². The Hall–Kier alpha value is 0.0123. The SMILES string of the molecule is CC[C@H]1[C@@H](O)[C@@H]2[C@H](CC[C@]3(C)[C@@H]([C@H](C)CCC(=O)OC)CC[C@@H]23)[C@@]2(C)CC[C@@H](C)C[C@@H]12.CC[C@H]1[C@@H](O)[C@@H]2[C@H](CC[C@]3(C)[C@@H]([C@H](C)CCCO)CC[C@@H]23)[C@@]2(C)CC[C@@H](C)C[C@@H]12.[B].[H-].[Li+]. The second-order valence-corrected chi connectivity index (χ2v) is 25.1. The van der Waals surface area contributed by atoms with Crippen LogP contribution in [0.4, 0.5) is 0 Å². The van der Waals surface area contributed by atoms with E-state index < -0.39 is 0 Å². The molecule has 0 spiro atoms. The third kappa shape index (κ3) is 8.93. The second-order valence-electron chi connectivity index (χ2n) is 25.1. The quantitative estimate of drug-likeness (QED) is 0.151. The van der Waals surface area contributed by atoms with E-state index in [0.29, 0.717) is 99.8 Å². The summed E-state index contributed by atoms with van der Waals surface area (Å²) in [6.07, 6.45) is 24.4. The third-order valence-electron chi connectivity index (χ3n) is 22.7. The molecule has 0 aliphatic heterocycles. The van der Waals surface area contributed by atoms with E-state index in [1.807, 2.05) is 0 Å². The van der Waals surface area contributed by atoms with Crippen LogP contribution >= 0.6 is 0 Å². The summed E-state index contributed by atoms with van der Waals surface area (Å²) in [6, 6.07) is 0. The summed E-state index contributed by atoms with van der Waals surface area (Å²) in [6.45, 7) is 25.0. The number of aliphatic hydroxyl groups is 3. The van der Waals surface area contributed by atoms with E-state index in [1.54, 1.807) is 0 Å².